The number of thiophene rings is 1. The van der Waals surface area contributed by atoms with E-state index in [4.69, 9.17) is 4.74 Å². The number of nitrogens with zero attached hydrogens (tertiary/aromatic N) is 2. The molecule has 5 nitrogen and oxygen atoms in total. The number of fused-ring (bicyclic) bond motifs is 6. The highest BCUT2D eigenvalue weighted by Gasteiger charge is 2.29. The molecule has 8 aromatic rings. The first kappa shape index (κ1) is 26.9. The van der Waals surface area contributed by atoms with Crippen molar-refractivity contribution < 1.29 is 4.74 Å². The van der Waals surface area contributed by atoms with Gasteiger partial charge in [-0.05, 0) is 53.6 Å². The van der Waals surface area contributed by atoms with Crippen LogP contribution in [0.25, 0.3) is 65.2 Å². The molecule has 0 aliphatic heterocycles. The Kier molecular flexibility index (Phi) is 6.42. The molecule has 0 N–H and O–H groups in total. The van der Waals surface area contributed by atoms with Gasteiger partial charge in [-0.1, -0.05) is 87.7 Å². The molecule has 44 heavy (non-hydrogen) atoms. The van der Waals surface area contributed by atoms with Crippen LogP contribution in [-0.4, -0.2) is 15.4 Å². The predicted octanol–water partition coefficient (Wildman–Crippen LogP) is 9.24. The number of benzene rings is 3. The molecule has 6 heteroatoms. The molecule has 1 unspecified atom stereocenters. The highest BCUT2D eigenvalue weighted by Crippen LogP contribution is 2.44. The van der Waals surface area contributed by atoms with Crippen LogP contribution in [0.3, 0.4) is 0 Å². The number of hydrogen-bond donors (Lipinski definition) is 0. The Morgan fingerprint density at radius 2 is 1.34 bits per heavy atom. The maximum atomic E-state index is 14.8. The van der Waals surface area contributed by atoms with Gasteiger partial charge in [0.05, 0.1) is 39.8 Å². The monoisotopic (exact) mass is 596 g/mol. The second-order valence-corrected chi connectivity index (χ2v) is 12.7. The van der Waals surface area contributed by atoms with Gasteiger partial charge in [-0.15, -0.1) is 11.3 Å². The van der Waals surface area contributed by atoms with Crippen LogP contribution in [0.1, 0.15) is 39.5 Å². The Labute approximate surface area is 258 Å². The highest BCUT2D eigenvalue weighted by atomic mass is 32.1. The Bertz CT molecular complexity index is 2400. The third kappa shape index (κ3) is 3.83. The molecule has 0 saturated carbocycles. The van der Waals surface area contributed by atoms with Crippen molar-refractivity contribution in [3.05, 3.63) is 111 Å². The van der Waals surface area contributed by atoms with Crippen LogP contribution in [0.15, 0.2) is 99.9 Å². The van der Waals surface area contributed by atoms with Crippen molar-refractivity contribution in [2.75, 3.05) is 6.61 Å². The fraction of sp³-hybridized carbons (Fsp3) is 0.211. The van der Waals surface area contributed by atoms with Gasteiger partial charge in [0.15, 0.2) is 0 Å². The lowest BCUT2D eigenvalue weighted by atomic mass is 9.99. The largest absolute Gasteiger partial charge is 0.493 e. The molecule has 5 heterocycles. The summed E-state index contributed by atoms with van der Waals surface area (Å²) >= 11 is 1.55. The highest BCUT2D eigenvalue weighted by molar-refractivity contribution is 7.13. The summed E-state index contributed by atoms with van der Waals surface area (Å²) in [6.07, 6.45) is 4.67. The molecule has 3 aromatic carbocycles. The smallest absolute Gasteiger partial charge is 0.265 e. The van der Waals surface area contributed by atoms with Crippen molar-refractivity contribution in [2.45, 2.75) is 39.5 Å². The zero-order chi connectivity index (χ0) is 29.9. The van der Waals surface area contributed by atoms with E-state index in [0.29, 0.717) is 23.7 Å². The lowest BCUT2D eigenvalue weighted by Gasteiger charge is -2.16. The van der Waals surface area contributed by atoms with Crippen molar-refractivity contribution in [1.29, 1.82) is 0 Å². The van der Waals surface area contributed by atoms with Gasteiger partial charge in [0.25, 0.3) is 11.1 Å². The van der Waals surface area contributed by atoms with Gasteiger partial charge in [0.2, 0.25) is 0 Å². The zero-order valence-corrected chi connectivity index (χ0v) is 25.6. The van der Waals surface area contributed by atoms with E-state index in [2.05, 4.69) is 13.8 Å². The van der Waals surface area contributed by atoms with Crippen LogP contribution in [0.4, 0.5) is 0 Å². The van der Waals surface area contributed by atoms with E-state index in [-0.39, 0.29) is 11.1 Å². The summed E-state index contributed by atoms with van der Waals surface area (Å²) in [6, 6.07) is 27.8. The average molecular weight is 597 g/mol. The van der Waals surface area contributed by atoms with E-state index in [0.717, 1.165) is 66.2 Å². The molecule has 0 saturated heterocycles. The van der Waals surface area contributed by atoms with Crippen molar-refractivity contribution >= 4 is 54.9 Å². The maximum absolute atomic E-state index is 14.8. The molecule has 8 rings (SSSR count). The summed E-state index contributed by atoms with van der Waals surface area (Å²) < 4.78 is 9.88. The zero-order valence-electron chi connectivity index (χ0n) is 24.8. The average Bonchev–Trinajstić information content (AvgIpc) is 3.78. The Hall–Kier alpha value is -4.68. The molecule has 0 fully saturated rings. The second-order valence-electron chi connectivity index (χ2n) is 11.7. The minimum atomic E-state index is -0.0861. The van der Waals surface area contributed by atoms with Crippen molar-refractivity contribution in [3.63, 3.8) is 0 Å². The van der Waals surface area contributed by atoms with Crippen LogP contribution < -0.4 is 15.9 Å². The molecule has 1 atom stereocenters. The van der Waals surface area contributed by atoms with Crippen molar-refractivity contribution in [2.24, 2.45) is 5.92 Å². The molecule has 0 bridgehead atoms. The first-order valence-electron chi connectivity index (χ1n) is 15.5. The van der Waals surface area contributed by atoms with Gasteiger partial charge < -0.3 is 4.74 Å². The van der Waals surface area contributed by atoms with E-state index in [1.54, 1.807) is 11.3 Å². The lowest BCUT2D eigenvalue weighted by molar-refractivity contribution is 0.233. The second kappa shape index (κ2) is 10.5. The Morgan fingerprint density at radius 3 is 1.93 bits per heavy atom. The van der Waals surface area contributed by atoms with Gasteiger partial charge in [0.1, 0.15) is 5.75 Å². The summed E-state index contributed by atoms with van der Waals surface area (Å²) in [5.41, 5.74) is 5.11. The van der Waals surface area contributed by atoms with E-state index in [1.165, 1.54) is 19.3 Å². The fourth-order valence-electron chi connectivity index (χ4n) is 7.04. The third-order valence-corrected chi connectivity index (χ3v) is 10.1. The van der Waals surface area contributed by atoms with E-state index in [9.17, 15) is 9.59 Å². The van der Waals surface area contributed by atoms with Crippen LogP contribution in [0, 0.1) is 5.92 Å². The van der Waals surface area contributed by atoms with E-state index >= 15 is 0 Å². The quantitative estimate of drug-likeness (QED) is 0.167. The molecule has 0 aliphatic rings. The number of pyridine rings is 2. The molecule has 0 spiro atoms. The molecule has 218 valence electrons. The van der Waals surface area contributed by atoms with Crippen molar-refractivity contribution in [3.8, 4) is 27.3 Å². The Morgan fingerprint density at radius 1 is 0.727 bits per heavy atom. The molecular formula is C38H32N2O3S. The molecule has 5 aromatic heterocycles. The minimum Gasteiger partial charge on any atom is -0.493 e. The maximum Gasteiger partial charge on any atom is 0.265 e. The first-order chi connectivity index (χ1) is 21.6. The SMILES string of the molecule is CCCCC(CC)COc1ccc(-c2c(=O)n3c4ccccc4c4c(-c5cccs5)c(=O)n5c6ccccc6c2c5c43)cc1. The number of unbranched alkanes of at least 4 members (excludes halogenated alkanes) is 1. The Balaban J connectivity index is 1.43. The van der Waals surface area contributed by atoms with E-state index in [1.807, 2.05) is 99.1 Å². The van der Waals surface area contributed by atoms with Crippen molar-refractivity contribution in [1.82, 2.24) is 8.80 Å². The summed E-state index contributed by atoms with van der Waals surface area (Å²) in [5, 5.41) is 5.46. The van der Waals surface area contributed by atoms with Crippen LogP contribution in [-0.2, 0) is 0 Å². The third-order valence-electron chi connectivity index (χ3n) is 9.25. The standard InChI is InChI=1S/C38H32N2O3S/c1-3-5-11-23(4-2)22-43-25-19-17-24(18-20-25)31-32-26-12-6-8-14-28(26)40-35(32)36-33(34(38(40)42)30-16-10-21-44-30)27-13-7-9-15-29(27)39(36)37(31)41/h6-10,12-21,23H,3-5,11,22H2,1-2H3. The van der Waals surface area contributed by atoms with Gasteiger partial charge in [-0.3, -0.25) is 18.4 Å². The fourth-order valence-corrected chi connectivity index (χ4v) is 7.81. The molecular weight excluding hydrogens is 564 g/mol. The molecule has 0 aliphatic carbocycles. The number of rotatable bonds is 9. The lowest BCUT2D eigenvalue weighted by Crippen LogP contribution is -2.19. The van der Waals surface area contributed by atoms with E-state index < -0.39 is 0 Å². The van der Waals surface area contributed by atoms with Gasteiger partial charge >= 0.3 is 0 Å². The topological polar surface area (TPSA) is 52.2 Å². The molecule has 0 amide bonds. The summed E-state index contributed by atoms with van der Waals surface area (Å²) in [5.74, 6) is 1.34. The van der Waals surface area contributed by atoms with Gasteiger partial charge in [-0.25, -0.2) is 0 Å². The minimum absolute atomic E-state index is 0.0636. The summed E-state index contributed by atoms with van der Waals surface area (Å²) in [6.45, 7) is 5.13. The van der Waals surface area contributed by atoms with Crippen LogP contribution >= 0.6 is 11.3 Å². The normalized spacial score (nSPS) is 12.9. The summed E-state index contributed by atoms with van der Waals surface area (Å²) in [7, 11) is 0. The van der Waals surface area contributed by atoms with Crippen LogP contribution in [0.2, 0.25) is 0 Å². The van der Waals surface area contributed by atoms with Crippen LogP contribution in [0.5, 0.6) is 5.75 Å². The number of aromatic nitrogens is 2. The number of para-hydroxylation sites is 2. The number of hydrogen-bond acceptors (Lipinski definition) is 4. The first-order valence-corrected chi connectivity index (χ1v) is 16.4. The van der Waals surface area contributed by atoms with Gasteiger partial charge in [0, 0.05) is 26.4 Å². The summed E-state index contributed by atoms with van der Waals surface area (Å²) in [4.78, 5) is 30.3. The predicted molar refractivity (Wildman–Crippen MR) is 183 cm³/mol. The number of ether oxygens (including phenoxy) is 1. The molecule has 0 radical (unpaired) electrons. The van der Waals surface area contributed by atoms with Gasteiger partial charge in [-0.2, -0.15) is 0 Å².